The van der Waals surface area contributed by atoms with Crippen molar-refractivity contribution in [1.29, 1.82) is 0 Å². The summed E-state index contributed by atoms with van der Waals surface area (Å²) in [5.74, 6) is 1.29. The van der Waals surface area contributed by atoms with E-state index in [1.54, 1.807) is 13.2 Å². The second-order valence-electron chi connectivity index (χ2n) is 5.45. The van der Waals surface area contributed by atoms with Crippen LogP contribution in [-0.2, 0) is 4.79 Å². The lowest BCUT2D eigenvalue weighted by atomic mass is 9.92. The van der Waals surface area contributed by atoms with Gasteiger partial charge in [-0.15, -0.1) is 0 Å². The van der Waals surface area contributed by atoms with Gasteiger partial charge < -0.3 is 4.74 Å². The van der Waals surface area contributed by atoms with Gasteiger partial charge in [-0.05, 0) is 36.1 Å². The third-order valence-electron chi connectivity index (χ3n) is 3.75. The quantitative estimate of drug-likeness (QED) is 0.779. The van der Waals surface area contributed by atoms with Crippen LogP contribution in [0.5, 0.6) is 5.75 Å². The number of ether oxygens (including phenoxy) is 1. The summed E-state index contributed by atoms with van der Waals surface area (Å²) in [5, 5.41) is 0. The van der Waals surface area contributed by atoms with Gasteiger partial charge in [0.05, 0.1) is 7.11 Å². The predicted octanol–water partition coefficient (Wildman–Crippen LogP) is 3.37. The molecule has 0 N–H and O–H groups in total. The molecule has 1 aromatic carbocycles. The van der Waals surface area contributed by atoms with Crippen LogP contribution in [-0.4, -0.2) is 18.7 Å². The monoisotopic (exact) mass is 260 g/mol. The van der Waals surface area contributed by atoms with Gasteiger partial charge in [-0.25, -0.2) is 0 Å². The van der Waals surface area contributed by atoms with E-state index in [4.69, 9.17) is 4.74 Å². The Morgan fingerprint density at radius 3 is 2.63 bits per heavy atom. The van der Waals surface area contributed by atoms with Crippen molar-refractivity contribution in [1.82, 2.24) is 0 Å². The molecule has 1 aliphatic carbocycles. The largest absolute Gasteiger partial charge is 0.496 e. The smallest absolute Gasteiger partial charge is 0.166 e. The number of methoxy groups -OCH3 is 1. The molecule has 1 fully saturated rings. The molecule has 1 unspecified atom stereocenters. The van der Waals surface area contributed by atoms with Gasteiger partial charge in [0, 0.05) is 24.3 Å². The highest BCUT2D eigenvalue weighted by molar-refractivity contribution is 6.01. The number of hydrogen-bond donors (Lipinski definition) is 0. The summed E-state index contributed by atoms with van der Waals surface area (Å²) in [6.07, 6.45) is 1.65. The fourth-order valence-corrected chi connectivity index (χ4v) is 2.61. The van der Waals surface area contributed by atoms with Crippen molar-refractivity contribution in [2.45, 2.75) is 39.0 Å². The first-order valence-corrected chi connectivity index (χ1v) is 6.76. The molecule has 102 valence electrons. The molecule has 0 radical (unpaired) electrons. The molecular weight excluding hydrogens is 240 g/mol. The third-order valence-corrected chi connectivity index (χ3v) is 3.75. The molecule has 2 rings (SSSR count). The lowest BCUT2D eigenvalue weighted by Gasteiger charge is -2.14. The van der Waals surface area contributed by atoms with Gasteiger partial charge in [-0.3, -0.25) is 9.59 Å². The Morgan fingerprint density at radius 1 is 1.37 bits per heavy atom. The fourth-order valence-electron chi connectivity index (χ4n) is 2.61. The molecule has 0 amide bonds. The van der Waals surface area contributed by atoms with Gasteiger partial charge in [-0.2, -0.15) is 0 Å². The predicted molar refractivity (Wildman–Crippen MR) is 73.8 cm³/mol. The number of rotatable bonds is 4. The van der Waals surface area contributed by atoms with E-state index >= 15 is 0 Å². The molecule has 3 nitrogen and oxygen atoms in total. The zero-order valence-electron chi connectivity index (χ0n) is 11.7. The summed E-state index contributed by atoms with van der Waals surface area (Å²) in [7, 11) is 1.64. The lowest BCUT2D eigenvalue weighted by Crippen LogP contribution is -2.12. The van der Waals surface area contributed by atoms with Crippen molar-refractivity contribution >= 4 is 11.6 Å². The molecule has 3 heteroatoms. The second-order valence-corrected chi connectivity index (χ2v) is 5.45. The van der Waals surface area contributed by atoms with Crippen LogP contribution in [0.2, 0.25) is 0 Å². The van der Waals surface area contributed by atoms with E-state index in [-0.39, 0.29) is 17.5 Å². The molecule has 0 spiro atoms. The van der Waals surface area contributed by atoms with Gasteiger partial charge in [0.1, 0.15) is 11.5 Å². The van der Waals surface area contributed by atoms with E-state index in [2.05, 4.69) is 13.8 Å². The number of ketones is 2. The molecule has 1 aromatic rings. The standard InChI is InChI=1S/C16H20O3/c1-10(2)14-9-12(5-7-15(14)19-3)16(18)11-4-6-13(17)8-11/h5,7,9-11H,4,6,8H2,1-3H3. The summed E-state index contributed by atoms with van der Waals surface area (Å²) >= 11 is 0. The molecule has 0 bridgehead atoms. The Balaban J connectivity index is 2.27. The van der Waals surface area contributed by atoms with Crippen LogP contribution in [0.25, 0.3) is 0 Å². The molecule has 19 heavy (non-hydrogen) atoms. The Hall–Kier alpha value is -1.64. The molecule has 1 saturated carbocycles. The highest BCUT2D eigenvalue weighted by Gasteiger charge is 2.29. The van der Waals surface area contributed by atoms with E-state index in [1.165, 1.54) is 0 Å². The van der Waals surface area contributed by atoms with Crippen molar-refractivity contribution in [2.75, 3.05) is 7.11 Å². The third kappa shape index (κ3) is 2.86. The summed E-state index contributed by atoms with van der Waals surface area (Å²) in [6.45, 7) is 4.15. The average molecular weight is 260 g/mol. The van der Waals surface area contributed by atoms with Crippen molar-refractivity contribution in [3.05, 3.63) is 29.3 Å². The molecule has 0 heterocycles. The van der Waals surface area contributed by atoms with Crippen LogP contribution < -0.4 is 4.74 Å². The van der Waals surface area contributed by atoms with Gasteiger partial charge in [0.15, 0.2) is 5.78 Å². The topological polar surface area (TPSA) is 43.4 Å². The Kier molecular flexibility index (Phi) is 4.03. The molecule has 0 aromatic heterocycles. The number of carbonyl (C=O) groups is 2. The number of carbonyl (C=O) groups excluding carboxylic acids is 2. The molecule has 0 aliphatic heterocycles. The van der Waals surface area contributed by atoms with Crippen LogP contribution in [0.4, 0.5) is 0 Å². The van der Waals surface area contributed by atoms with Crippen LogP contribution in [0.15, 0.2) is 18.2 Å². The molecule has 1 aliphatic rings. The van der Waals surface area contributed by atoms with Crippen molar-refractivity contribution < 1.29 is 14.3 Å². The Labute approximate surface area is 114 Å². The van der Waals surface area contributed by atoms with Gasteiger partial charge in [0.2, 0.25) is 0 Å². The summed E-state index contributed by atoms with van der Waals surface area (Å²) in [5.41, 5.74) is 1.74. The Morgan fingerprint density at radius 2 is 2.11 bits per heavy atom. The summed E-state index contributed by atoms with van der Waals surface area (Å²) in [6, 6.07) is 5.56. The summed E-state index contributed by atoms with van der Waals surface area (Å²) < 4.78 is 5.32. The zero-order chi connectivity index (χ0) is 14.0. The minimum absolute atomic E-state index is 0.0930. The zero-order valence-corrected chi connectivity index (χ0v) is 11.7. The Bertz CT molecular complexity index is 503. The molecular formula is C16H20O3. The van der Waals surface area contributed by atoms with E-state index in [9.17, 15) is 9.59 Å². The number of benzene rings is 1. The van der Waals surface area contributed by atoms with E-state index in [1.807, 2.05) is 12.1 Å². The highest BCUT2D eigenvalue weighted by Crippen LogP contribution is 2.31. The van der Waals surface area contributed by atoms with Crippen molar-refractivity contribution in [3.63, 3.8) is 0 Å². The minimum atomic E-state index is -0.124. The fraction of sp³-hybridized carbons (Fsp3) is 0.500. The number of hydrogen-bond acceptors (Lipinski definition) is 3. The maximum atomic E-state index is 12.4. The minimum Gasteiger partial charge on any atom is -0.496 e. The van der Waals surface area contributed by atoms with E-state index in [0.717, 1.165) is 11.3 Å². The average Bonchev–Trinajstić information content (AvgIpc) is 2.83. The van der Waals surface area contributed by atoms with Crippen LogP contribution >= 0.6 is 0 Å². The van der Waals surface area contributed by atoms with Gasteiger partial charge in [0.25, 0.3) is 0 Å². The summed E-state index contributed by atoms with van der Waals surface area (Å²) in [4.78, 5) is 23.7. The molecule has 0 saturated heterocycles. The maximum Gasteiger partial charge on any atom is 0.166 e. The van der Waals surface area contributed by atoms with Crippen molar-refractivity contribution in [3.8, 4) is 5.75 Å². The molecule has 1 atom stereocenters. The van der Waals surface area contributed by atoms with Gasteiger partial charge >= 0.3 is 0 Å². The second kappa shape index (κ2) is 5.55. The van der Waals surface area contributed by atoms with Crippen LogP contribution in [0, 0.1) is 5.92 Å². The first-order chi connectivity index (χ1) is 9.02. The van der Waals surface area contributed by atoms with Crippen molar-refractivity contribution in [2.24, 2.45) is 5.92 Å². The van der Waals surface area contributed by atoms with E-state index in [0.29, 0.717) is 30.7 Å². The number of Topliss-reactive ketones (excluding diaryl/α,β-unsaturated/α-hetero) is 2. The van der Waals surface area contributed by atoms with Crippen LogP contribution in [0.1, 0.15) is 54.9 Å². The van der Waals surface area contributed by atoms with Crippen LogP contribution in [0.3, 0.4) is 0 Å². The normalized spacial score (nSPS) is 18.9. The SMILES string of the molecule is COc1ccc(C(=O)C2CCC(=O)C2)cc1C(C)C. The van der Waals surface area contributed by atoms with E-state index < -0.39 is 0 Å². The van der Waals surface area contributed by atoms with Gasteiger partial charge in [-0.1, -0.05) is 13.8 Å². The first kappa shape index (κ1) is 13.8. The maximum absolute atomic E-state index is 12.4. The first-order valence-electron chi connectivity index (χ1n) is 6.76. The highest BCUT2D eigenvalue weighted by atomic mass is 16.5. The lowest BCUT2D eigenvalue weighted by molar-refractivity contribution is -0.117.